The molecular formula is C11H11ClO2S. The summed E-state index contributed by atoms with van der Waals surface area (Å²) in [6.07, 6.45) is 2.65. The van der Waals surface area contributed by atoms with Gasteiger partial charge in [-0.1, -0.05) is 6.07 Å². The van der Waals surface area contributed by atoms with Crippen molar-refractivity contribution >= 4 is 35.4 Å². The second-order valence-corrected chi connectivity index (χ2v) is 4.40. The average Bonchev–Trinajstić information content (AvgIpc) is 2.27. The topological polar surface area (TPSA) is 34.1 Å². The molecule has 1 atom stereocenters. The first kappa shape index (κ1) is 12.3. The van der Waals surface area contributed by atoms with Crippen LogP contribution in [0, 0.1) is 0 Å². The zero-order valence-corrected chi connectivity index (χ0v) is 10.1. The molecule has 0 N–H and O–H groups in total. The summed E-state index contributed by atoms with van der Waals surface area (Å²) in [6.45, 7) is 1.41. The van der Waals surface area contributed by atoms with E-state index in [-0.39, 0.29) is 5.78 Å². The van der Waals surface area contributed by atoms with Crippen LogP contribution >= 0.6 is 23.4 Å². The van der Waals surface area contributed by atoms with Crippen LogP contribution in [0.3, 0.4) is 0 Å². The number of carbonyl (C=O) groups excluding carboxylic acids is 2. The predicted molar refractivity (Wildman–Crippen MR) is 62.9 cm³/mol. The number of carbonyl (C=O) groups is 2. The Morgan fingerprint density at radius 3 is 2.67 bits per heavy atom. The molecule has 0 fully saturated rings. The third kappa shape index (κ3) is 2.83. The zero-order valence-electron chi connectivity index (χ0n) is 8.49. The van der Waals surface area contributed by atoms with Crippen LogP contribution in [0.4, 0.5) is 0 Å². The maximum absolute atomic E-state index is 11.1. The number of aldehydes is 1. The summed E-state index contributed by atoms with van der Waals surface area (Å²) in [7, 11) is 0. The Morgan fingerprint density at radius 2 is 2.20 bits per heavy atom. The van der Waals surface area contributed by atoms with Gasteiger partial charge in [0.05, 0.1) is 0 Å². The lowest BCUT2D eigenvalue weighted by Gasteiger charge is -2.09. The van der Waals surface area contributed by atoms with Crippen molar-refractivity contribution in [3.63, 3.8) is 0 Å². The molecule has 0 amide bonds. The minimum Gasteiger partial charge on any atom is -0.298 e. The smallest absolute Gasteiger partial charge is 0.152 e. The largest absolute Gasteiger partial charge is 0.298 e. The van der Waals surface area contributed by atoms with E-state index in [1.807, 2.05) is 12.3 Å². The number of ketones is 1. The van der Waals surface area contributed by atoms with Gasteiger partial charge in [-0.3, -0.25) is 9.59 Å². The Balaban J connectivity index is 3.18. The minimum absolute atomic E-state index is 0.156. The van der Waals surface area contributed by atoms with Gasteiger partial charge >= 0.3 is 0 Å². The van der Waals surface area contributed by atoms with Crippen molar-refractivity contribution in [2.75, 3.05) is 6.26 Å². The van der Waals surface area contributed by atoms with Gasteiger partial charge in [-0.2, -0.15) is 0 Å². The molecule has 4 heteroatoms. The van der Waals surface area contributed by atoms with Gasteiger partial charge in [0, 0.05) is 10.5 Å². The highest BCUT2D eigenvalue weighted by Gasteiger charge is 2.16. The lowest BCUT2D eigenvalue weighted by Crippen LogP contribution is -2.04. The number of thioether (sulfide) groups is 1. The first-order chi connectivity index (χ1) is 7.10. The fourth-order valence-corrected chi connectivity index (χ4v) is 1.88. The van der Waals surface area contributed by atoms with E-state index in [1.54, 1.807) is 23.9 Å². The molecule has 0 bridgehead atoms. The van der Waals surface area contributed by atoms with Crippen LogP contribution in [-0.4, -0.2) is 18.3 Å². The van der Waals surface area contributed by atoms with Gasteiger partial charge in [-0.05, 0) is 30.9 Å². The average molecular weight is 243 g/mol. The van der Waals surface area contributed by atoms with E-state index < -0.39 is 5.38 Å². The highest BCUT2D eigenvalue weighted by Crippen LogP contribution is 2.27. The SMILES string of the molecule is CSc1ccc(C(Cl)C(C)=O)c(C=O)c1. The highest BCUT2D eigenvalue weighted by molar-refractivity contribution is 7.98. The van der Waals surface area contributed by atoms with Crippen molar-refractivity contribution < 1.29 is 9.59 Å². The first-order valence-electron chi connectivity index (χ1n) is 4.37. The molecule has 80 valence electrons. The van der Waals surface area contributed by atoms with Gasteiger partial charge in [0.2, 0.25) is 0 Å². The van der Waals surface area contributed by atoms with Crippen molar-refractivity contribution in [3.8, 4) is 0 Å². The summed E-state index contributed by atoms with van der Waals surface area (Å²) in [5.41, 5.74) is 1.06. The van der Waals surface area contributed by atoms with Gasteiger partial charge in [0.25, 0.3) is 0 Å². The van der Waals surface area contributed by atoms with E-state index in [2.05, 4.69) is 0 Å². The molecule has 0 heterocycles. The monoisotopic (exact) mass is 242 g/mol. The Kier molecular flexibility index (Phi) is 4.36. The molecule has 0 saturated carbocycles. The third-order valence-corrected chi connectivity index (χ3v) is 3.32. The molecule has 0 aliphatic heterocycles. The number of rotatable bonds is 4. The Hall–Kier alpha value is -0.800. The van der Waals surface area contributed by atoms with Gasteiger partial charge in [-0.25, -0.2) is 0 Å². The van der Waals surface area contributed by atoms with Gasteiger partial charge in [-0.15, -0.1) is 23.4 Å². The van der Waals surface area contributed by atoms with E-state index >= 15 is 0 Å². The lowest BCUT2D eigenvalue weighted by molar-refractivity contribution is -0.116. The molecule has 0 radical (unpaired) electrons. The molecule has 0 spiro atoms. The van der Waals surface area contributed by atoms with Crippen LogP contribution in [0.25, 0.3) is 0 Å². The molecule has 1 unspecified atom stereocenters. The van der Waals surface area contributed by atoms with Crippen molar-refractivity contribution in [2.45, 2.75) is 17.2 Å². The van der Waals surface area contributed by atoms with Crippen LogP contribution in [0.2, 0.25) is 0 Å². The fraction of sp³-hybridized carbons (Fsp3) is 0.273. The number of Topliss-reactive ketones (excluding diaryl/α,β-unsaturated/α-hetero) is 1. The summed E-state index contributed by atoms with van der Waals surface area (Å²) in [6, 6.07) is 5.32. The van der Waals surface area contributed by atoms with E-state index in [0.717, 1.165) is 11.2 Å². The number of benzene rings is 1. The minimum atomic E-state index is -0.735. The quantitative estimate of drug-likeness (QED) is 0.462. The molecular weight excluding hydrogens is 232 g/mol. The summed E-state index contributed by atoms with van der Waals surface area (Å²) in [4.78, 5) is 22.9. The Bertz CT molecular complexity index is 390. The van der Waals surface area contributed by atoms with Crippen LogP contribution in [0.1, 0.15) is 28.2 Å². The third-order valence-electron chi connectivity index (χ3n) is 2.05. The maximum Gasteiger partial charge on any atom is 0.152 e. The van der Waals surface area contributed by atoms with Crippen molar-refractivity contribution in [1.82, 2.24) is 0 Å². The van der Waals surface area contributed by atoms with Crippen LogP contribution in [-0.2, 0) is 4.79 Å². The molecule has 2 nitrogen and oxygen atoms in total. The first-order valence-corrected chi connectivity index (χ1v) is 6.04. The Morgan fingerprint density at radius 1 is 1.53 bits per heavy atom. The summed E-state index contributed by atoms with van der Waals surface area (Å²) >= 11 is 7.45. The van der Waals surface area contributed by atoms with Crippen LogP contribution < -0.4 is 0 Å². The van der Waals surface area contributed by atoms with Gasteiger partial charge < -0.3 is 0 Å². The van der Waals surface area contributed by atoms with Crippen LogP contribution in [0.5, 0.6) is 0 Å². The summed E-state index contributed by atoms with van der Waals surface area (Å²) in [5, 5.41) is -0.735. The van der Waals surface area contributed by atoms with E-state index in [0.29, 0.717) is 11.1 Å². The molecule has 15 heavy (non-hydrogen) atoms. The molecule has 0 saturated heterocycles. The standard InChI is InChI=1S/C11H11ClO2S/c1-7(14)11(12)10-4-3-9(15-2)5-8(10)6-13/h3-6,11H,1-2H3. The molecule has 1 aromatic carbocycles. The van der Waals surface area contributed by atoms with E-state index in [4.69, 9.17) is 11.6 Å². The summed E-state index contributed by atoms with van der Waals surface area (Å²) < 4.78 is 0. The van der Waals surface area contributed by atoms with Gasteiger partial charge in [0.15, 0.2) is 5.78 Å². The lowest BCUT2D eigenvalue weighted by atomic mass is 10.0. The summed E-state index contributed by atoms with van der Waals surface area (Å²) in [5.74, 6) is -0.156. The fourth-order valence-electron chi connectivity index (χ4n) is 1.23. The molecule has 0 aliphatic carbocycles. The number of alkyl halides is 1. The molecule has 1 rings (SSSR count). The normalized spacial score (nSPS) is 12.2. The van der Waals surface area contributed by atoms with Crippen molar-refractivity contribution in [3.05, 3.63) is 29.3 Å². The molecule has 1 aromatic rings. The van der Waals surface area contributed by atoms with Crippen molar-refractivity contribution in [1.29, 1.82) is 0 Å². The number of halogens is 1. The zero-order chi connectivity index (χ0) is 11.4. The number of hydrogen-bond acceptors (Lipinski definition) is 3. The predicted octanol–water partition coefficient (Wildman–Crippen LogP) is 3.09. The van der Waals surface area contributed by atoms with E-state index in [1.165, 1.54) is 6.92 Å². The van der Waals surface area contributed by atoms with Crippen LogP contribution in [0.15, 0.2) is 23.1 Å². The maximum atomic E-state index is 11.1. The molecule has 0 aliphatic rings. The Labute approximate surface area is 98.0 Å². The highest BCUT2D eigenvalue weighted by atomic mass is 35.5. The second-order valence-electron chi connectivity index (χ2n) is 3.09. The number of hydrogen-bond donors (Lipinski definition) is 0. The van der Waals surface area contributed by atoms with Gasteiger partial charge in [0.1, 0.15) is 11.7 Å². The molecule has 0 aromatic heterocycles. The van der Waals surface area contributed by atoms with E-state index in [9.17, 15) is 9.59 Å². The second kappa shape index (κ2) is 5.33. The van der Waals surface area contributed by atoms with Crippen molar-refractivity contribution in [2.24, 2.45) is 0 Å².